The summed E-state index contributed by atoms with van der Waals surface area (Å²) in [5, 5.41) is 0. The van der Waals surface area contributed by atoms with Crippen LogP contribution in [0.2, 0.25) is 0 Å². The second-order valence-corrected chi connectivity index (χ2v) is 4.05. The zero-order valence-electron chi connectivity index (χ0n) is 11.1. The topological polar surface area (TPSA) is 25.8 Å². The largest absolute Gasteiger partial charge is 0.262 e. The van der Waals surface area contributed by atoms with Crippen LogP contribution in [0.15, 0.2) is 85.5 Å². The first-order valence-electron chi connectivity index (χ1n) is 6.43. The maximum atomic E-state index is 3.72. The van der Waals surface area contributed by atoms with Crippen molar-refractivity contribution in [2.24, 2.45) is 0 Å². The van der Waals surface area contributed by atoms with Crippen molar-refractivity contribution in [3.05, 3.63) is 96.6 Å². The number of rotatable bonds is 2. The van der Waals surface area contributed by atoms with Crippen molar-refractivity contribution in [2.45, 2.75) is 0 Å². The second kappa shape index (κ2) is 8.38. The van der Waals surface area contributed by atoms with Crippen molar-refractivity contribution in [3.8, 4) is 0 Å². The summed E-state index contributed by atoms with van der Waals surface area (Å²) in [4.78, 5) is 7.44. The molecule has 0 bridgehead atoms. The van der Waals surface area contributed by atoms with Gasteiger partial charge in [0.25, 0.3) is 0 Å². The van der Waals surface area contributed by atoms with E-state index in [1.165, 1.54) is 11.1 Å². The molecule has 0 spiro atoms. The smallest absolute Gasteiger partial charge is 0.0451 e. The Morgan fingerprint density at radius 3 is 1.15 bits per heavy atom. The van der Waals surface area contributed by atoms with Crippen LogP contribution < -0.4 is 0 Å². The van der Waals surface area contributed by atoms with Crippen LogP contribution in [-0.4, -0.2) is 9.97 Å². The highest BCUT2D eigenvalue weighted by Crippen LogP contribution is 2.06. The molecule has 0 atom stereocenters. The lowest BCUT2D eigenvalue weighted by atomic mass is 10.1. The van der Waals surface area contributed by atoms with Gasteiger partial charge < -0.3 is 0 Å². The predicted octanol–water partition coefficient (Wildman–Crippen LogP) is 4.33. The quantitative estimate of drug-likeness (QED) is 0.641. The molecule has 1 aromatic heterocycles. The van der Waals surface area contributed by atoms with Crippen molar-refractivity contribution in [3.63, 3.8) is 0 Å². The Morgan fingerprint density at radius 2 is 0.850 bits per heavy atom. The van der Waals surface area contributed by atoms with Gasteiger partial charge in [0, 0.05) is 24.8 Å². The van der Waals surface area contributed by atoms with E-state index in [9.17, 15) is 0 Å². The highest BCUT2D eigenvalue weighted by Gasteiger charge is 1.84. The molecule has 2 aromatic carbocycles. The van der Waals surface area contributed by atoms with Crippen LogP contribution in [0.25, 0.3) is 12.2 Å². The van der Waals surface area contributed by atoms with Gasteiger partial charge in [0.1, 0.15) is 0 Å². The average Bonchev–Trinajstić information content (AvgIpc) is 2.57. The Labute approximate surface area is 119 Å². The van der Waals surface area contributed by atoms with Crippen LogP contribution in [0.3, 0.4) is 0 Å². The molecule has 0 radical (unpaired) electrons. The van der Waals surface area contributed by atoms with Gasteiger partial charge in [-0.1, -0.05) is 72.8 Å². The number of hydrogen-bond acceptors (Lipinski definition) is 2. The van der Waals surface area contributed by atoms with Crippen LogP contribution >= 0.6 is 0 Å². The van der Waals surface area contributed by atoms with Crippen LogP contribution in [-0.2, 0) is 0 Å². The minimum atomic E-state index is 1.23. The highest BCUT2D eigenvalue weighted by molar-refractivity contribution is 5.69. The molecule has 0 saturated carbocycles. The van der Waals surface area contributed by atoms with E-state index in [0.717, 1.165) is 0 Å². The Hall–Kier alpha value is -2.74. The molecule has 0 aliphatic rings. The molecule has 20 heavy (non-hydrogen) atoms. The summed E-state index contributed by atoms with van der Waals surface area (Å²) < 4.78 is 0. The van der Waals surface area contributed by atoms with Crippen LogP contribution in [0, 0.1) is 0 Å². The number of aromatic nitrogens is 2. The van der Waals surface area contributed by atoms with Gasteiger partial charge in [-0.3, -0.25) is 9.97 Å². The number of nitrogens with zero attached hydrogens (tertiary/aromatic N) is 2. The molecule has 0 unspecified atom stereocenters. The summed E-state index contributed by atoms with van der Waals surface area (Å²) in [5.41, 5.74) is 2.47. The maximum Gasteiger partial charge on any atom is 0.0451 e. The predicted molar refractivity (Wildman–Crippen MR) is 83.8 cm³/mol. The third-order valence-corrected chi connectivity index (χ3v) is 2.54. The molecule has 0 aliphatic heterocycles. The minimum absolute atomic E-state index is 1.23. The van der Waals surface area contributed by atoms with E-state index < -0.39 is 0 Å². The monoisotopic (exact) mass is 260 g/mol. The Balaban J connectivity index is 0.000000205. The molecule has 2 heteroatoms. The molecule has 3 rings (SSSR count). The third-order valence-electron chi connectivity index (χ3n) is 2.54. The van der Waals surface area contributed by atoms with Crippen molar-refractivity contribution >= 4 is 12.2 Å². The lowest BCUT2D eigenvalue weighted by molar-refractivity contribution is 1.20. The van der Waals surface area contributed by atoms with E-state index in [4.69, 9.17) is 0 Å². The van der Waals surface area contributed by atoms with Crippen molar-refractivity contribution < 1.29 is 0 Å². The molecule has 2 nitrogen and oxygen atoms in total. The molecule has 3 aromatic rings. The third kappa shape index (κ3) is 5.27. The summed E-state index contributed by atoms with van der Waals surface area (Å²) in [6.45, 7) is 0. The summed E-state index contributed by atoms with van der Waals surface area (Å²) in [6, 6.07) is 20.6. The number of benzene rings is 2. The molecule has 0 fully saturated rings. The van der Waals surface area contributed by atoms with Gasteiger partial charge in [-0.15, -0.1) is 0 Å². The lowest BCUT2D eigenvalue weighted by Crippen LogP contribution is -1.70. The van der Waals surface area contributed by atoms with Gasteiger partial charge in [-0.2, -0.15) is 0 Å². The fourth-order valence-electron chi connectivity index (χ4n) is 1.57. The zero-order valence-corrected chi connectivity index (χ0v) is 11.1. The standard InChI is InChI=1S/C14H12.C4H4N2/c1-3-7-13(8-4-1)11-12-14-9-5-2-6-10-14;1-2-6-4-3-5-1/h1-12H;1-4H/b12-11+;. The SMILES string of the molecule is C(=C\c1ccccc1)/c1ccccc1.c1cnccn1. The van der Waals surface area contributed by atoms with Gasteiger partial charge >= 0.3 is 0 Å². The molecular weight excluding hydrogens is 244 g/mol. The summed E-state index contributed by atoms with van der Waals surface area (Å²) in [6.07, 6.45) is 10.8. The van der Waals surface area contributed by atoms with Crippen molar-refractivity contribution in [2.75, 3.05) is 0 Å². The molecule has 0 N–H and O–H groups in total. The van der Waals surface area contributed by atoms with Crippen molar-refractivity contribution in [1.29, 1.82) is 0 Å². The first kappa shape index (κ1) is 13.7. The van der Waals surface area contributed by atoms with Gasteiger partial charge in [0.2, 0.25) is 0 Å². The normalized spacial score (nSPS) is 9.80. The highest BCUT2D eigenvalue weighted by atomic mass is 14.7. The molecule has 1 heterocycles. The van der Waals surface area contributed by atoms with E-state index in [0.29, 0.717) is 0 Å². The Bertz CT molecular complexity index is 537. The van der Waals surface area contributed by atoms with Crippen LogP contribution in [0.4, 0.5) is 0 Å². The fourth-order valence-corrected chi connectivity index (χ4v) is 1.57. The van der Waals surface area contributed by atoms with Crippen LogP contribution in [0.1, 0.15) is 11.1 Å². The van der Waals surface area contributed by atoms with E-state index >= 15 is 0 Å². The number of hydrogen-bond donors (Lipinski definition) is 0. The van der Waals surface area contributed by atoms with Gasteiger partial charge in [0.05, 0.1) is 0 Å². The molecular formula is C18H16N2. The van der Waals surface area contributed by atoms with Gasteiger partial charge in [0.15, 0.2) is 0 Å². The summed E-state index contributed by atoms with van der Waals surface area (Å²) >= 11 is 0. The first-order chi connectivity index (χ1) is 9.95. The molecule has 0 amide bonds. The molecule has 98 valence electrons. The average molecular weight is 260 g/mol. The van der Waals surface area contributed by atoms with Gasteiger partial charge in [-0.25, -0.2) is 0 Å². The molecule has 0 saturated heterocycles. The second-order valence-electron chi connectivity index (χ2n) is 4.05. The lowest BCUT2D eigenvalue weighted by Gasteiger charge is -1.92. The minimum Gasteiger partial charge on any atom is -0.262 e. The zero-order chi connectivity index (χ0) is 13.9. The van der Waals surface area contributed by atoms with Crippen molar-refractivity contribution in [1.82, 2.24) is 9.97 Å². The van der Waals surface area contributed by atoms with E-state index in [1.54, 1.807) is 24.8 Å². The summed E-state index contributed by atoms with van der Waals surface area (Å²) in [5.74, 6) is 0. The van der Waals surface area contributed by atoms with E-state index in [1.807, 2.05) is 36.4 Å². The van der Waals surface area contributed by atoms with E-state index in [-0.39, 0.29) is 0 Å². The maximum absolute atomic E-state index is 3.72. The molecule has 0 aliphatic carbocycles. The van der Waals surface area contributed by atoms with Crippen LogP contribution in [0.5, 0.6) is 0 Å². The van der Waals surface area contributed by atoms with E-state index in [2.05, 4.69) is 46.4 Å². The fraction of sp³-hybridized carbons (Fsp3) is 0. The van der Waals surface area contributed by atoms with Gasteiger partial charge in [-0.05, 0) is 11.1 Å². The summed E-state index contributed by atoms with van der Waals surface area (Å²) in [7, 11) is 0. The first-order valence-corrected chi connectivity index (χ1v) is 6.43. The Kier molecular flexibility index (Phi) is 5.73. The Morgan fingerprint density at radius 1 is 0.500 bits per heavy atom.